The van der Waals surface area contributed by atoms with Crippen molar-refractivity contribution in [1.29, 1.82) is 0 Å². The fourth-order valence-electron chi connectivity index (χ4n) is 17.1. The van der Waals surface area contributed by atoms with Crippen LogP contribution in [0.25, 0.3) is 0 Å². The van der Waals surface area contributed by atoms with Crippen LogP contribution in [0, 0.1) is 60.7 Å². The number of anilines is 2. The van der Waals surface area contributed by atoms with Crippen molar-refractivity contribution in [3.05, 3.63) is 370 Å². The highest BCUT2D eigenvalue weighted by Crippen LogP contribution is 2.55. The van der Waals surface area contributed by atoms with E-state index in [9.17, 15) is 60.7 Å². The maximum absolute atomic E-state index is 12.6. The minimum absolute atomic E-state index is 0.0811. The largest absolute Gasteiger partial charge is 0.347 e. The van der Waals surface area contributed by atoms with Crippen LogP contribution < -0.4 is 9.80 Å². The standard InChI is InChI=1S/C86H82N10O12/c1-7-9-49-89-77-19-13-11-17-71(77)83(3,79(89)21-15-23-81-85(55-61-29-37-65(38-30-61)91(97)98,56-62-31-39-66(40-32-62)92(99)100)73-51-69(95(105)106)45-47-75(73)87(81)5)53-59-25-27-60(28-26-59)54-84(4)72-18-12-14-20-78(72)90(50-10-8-2)80(84)22-16-24-82-86(57-63-33-41-67(42-34-63)93(101)102,58-64-35-43-68(44-36-64)94(103)104)74-52-70(96(107)108)46-48-76(74)88(82)6/h11-48,51-52H,7-10,49-50,53-58H2,1-6H3/q+2. The van der Waals surface area contributed by atoms with Gasteiger partial charge in [-0.05, 0) is 121 Å². The third-order valence-electron chi connectivity index (χ3n) is 22.4. The summed E-state index contributed by atoms with van der Waals surface area (Å²) in [5, 5.41) is 73.0. The molecule has 0 N–H and O–H groups in total. The number of nitro benzene ring substituents is 6. The predicted molar refractivity (Wildman–Crippen MR) is 419 cm³/mol. The molecule has 4 aliphatic rings. The number of benzene rings is 9. The molecule has 13 rings (SSSR count). The van der Waals surface area contributed by atoms with Crippen LogP contribution in [0.4, 0.5) is 56.9 Å². The third-order valence-corrected chi connectivity index (χ3v) is 22.4. The van der Waals surface area contributed by atoms with Crippen molar-refractivity contribution in [2.45, 2.75) is 114 Å². The number of likely N-dealkylation sites (N-methyl/N-ethyl adjacent to an activating group) is 2. The Morgan fingerprint density at radius 2 is 0.620 bits per heavy atom. The van der Waals surface area contributed by atoms with Gasteiger partial charge in [-0.25, -0.2) is 0 Å². The van der Waals surface area contributed by atoms with Crippen LogP contribution in [0.1, 0.15) is 109 Å². The highest BCUT2D eigenvalue weighted by atomic mass is 16.6. The Morgan fingerprint density at radius 1 is 0.352 bits per heavy atom. The molecule has 0 bridgehead atoms. The number of hydrogen-bond donors (Lipinski definition) is 0. The van der Waals surface area contributed by atoms with Gasteiger partial charge in [0.2, 0.25) is 11.4 Å². The second kappa shape index (κ2) is 30.0. The van der Waals surface area contributed by atoms with Gasteiger partial charge in [0.05, 0.1) is 40.4 Å². The Balaban J connectivity index is 0.870. The molecule has 2 unspecified atom stereocenters. The normalized spacial score (nSPS) is 18.1. The average Bonchev–Trinajstić information content (AvgIpc) is 2.18. The summed E-state index contributed by atoms with van der Waals surface area (Å²) in [5.74, 6) is 0. The first-order valence-electron chi connectivity index (χ1n) is 36.2. The molecule has 9 aromatic carbocycles. The first kappa shape index (κ1) is 73.6. The van der Waals surface area contributed by atoms with E-state index in [2.05, 4.69) is 146 Å². The predicted octanol–water partition coefficient (Wildman–Crippen LogP) is 18.6. The van der Waals surface area contributed by atoms with E-state index in [1.807, 2.05) is 23.9 Å². The maximum atomic E-state index is 12.6. The van der Waals surface area contributed by atoms with Gasteiger partial charge in [-0.2, -0.15) is 9.15 Å². The molecule has 2 atom stereocenters. The summed E-state index contributed by atoms with van der Waals surface area (Å²) < 4.78 is 4.85. The zero-order valence-corrected chi connectivity index (χ0v) is 61.0. The molecule has 0 aromatic heterocycles. The molecule has 4 heterocycles. The van der Waals surface area contributed by atoms with E-state index >= 15 is 0 Å². The van der Waals surface area contributed by atoms with E-state index in [1.54, 1.807) is 72.8 Å². The summed E-state index contributed by atoms with van der Waals surface area (Å²) in [6.07, 6.45) is 18.7. The molecule has 0 amide bonds. The minimum atomic E-state index is -1.03. The van der Waals surface area contributed by atoms with Gasteiger partial charge in [-0.1, -0.05) is 148 Å². The SMILES string of the molecule is CCCC[N+]1=C(/C=C/C=C2/N(C)c3ccc([N+](=O)[O-])cc3C2(Cc2ccc([N+](=O)[O-])cc2)Cc2ccc([N+](=O)[O-])cc2)C(C)(Cc2ccc(CC3(C)C(/C=C/C=C4/N(C)c5ccc([N+](=O)[O-])cc5C4(Cc4ccc([N+](=O)[O-])cc4)Cc4ccc([N+](=O)[O-])cc4)=[N+](CCCC)c4ccccc43)cc2)c2ccccc21. The highest BCUT2D eigenvalue weighted by molar-refractivity contribution is 6.05. The lowest BCUT2D eigenvalue weighted by atomic mass is 9.70. The van der Waals surface area contributed by atoms with Crippen LogP contribution in [0.3, 0.4) is 0 Å². The topological polar surface area (TPSA) is 271 Å². The Kier molecular flexibility index (Phi) is 20.5. The summed E-state index contributed by atoms with van der Waals surface area (Å²) in [5.41, 5.74) is 12.7. The average molecular weight is 1450 g/mol. The number of hydrogen-bond acceptors (Lipinski definition) is 14. The van der Waals surface area contributed by atoms with Gasteiger partial charge < -0.3 is 9.80 Å². The molecule has 0 saturated heterocycles. The van der Waals surface area contributed by atoms with E-state index in [1.165, 1.54) is 71.8 Å². The number of rotatable bonds is 28. The van der Waals surface area contributed by atoms with Gasteiger partial charge in [-0.15, -0.1) is 0 Å². The van der Waals surface area contributed by atoms with Crippen LogP contribution in [-0.2, 0) is 60.2 Å². The van der Waals surface area contributed by atoms with Crippen LogP contribution >= 0.6 is 0 Å². The molecule has 0 radical (unpaired) electrons. The van der Waals surface area contributed by atoms with Crippen molar-refractivity contribution in [2.24, 2.45) is 0 Å². The van der Waals surface area contributed by atoms with Gasteiger partial charge >= 0.3 is 0 Å². The first-order chi connectivity index (χ1) is 51.9. The zero-order valence-electron chi connectivity index (χ0n) is 61.0. The molecule has 546 valence electrons. The fourth-order valence-corrected chi connectivity index (χ4v) is 17.1. The smallest absolute Gasteiger partial charge is 0.269 e. The third kappa shape index (κ3) is 13.9. The van der Waals surface area contributed by atoms with E-state index in [4.69, 9.17) is 0 Å². The van der Waals surface area contributed by atoms with Crippen molar-refractivity contribution >= 4 is 68.3 Å². The molecular formula is C86H82N10O12+2. The van der Waals surface area contributed by atoms with Crippen molar-refractivity contribution in [2.75, 3.05) is 37.0 Å². The molecule has 0 saturated carbocycles. The fraction of sp³-hybridized carbons (Fsp3) is 0.256. The van der Waals surface area contributed by atoms with Crippen molar-refractivity contribution < 1.29 is 38.7 Å². The van der Waals surface area contributed by atoms with Gasteiger partial charge in [-0.3, -0.25) is 60.7 Å². The van der Waals surface area contributed by atoms with Gasteiger partial charge in [0.15, 0.2) is 11.4 Å². The van der Waals surface area contributed by atoms with E-state index < -0.39 is 51.2 Å². The number of para-hydroxylation sites is 2. The highest BCUT2D eigenvalue weighted by Gasteiger charge is 2.52. The van der Waals surface area contributed by atoms with Crippen molar-refractivity contribution in [3.63, 3.8) is 0 Å². The molecule has 0 spiro atoms. The Hall–Kier alpha value is -12.7. The second-order valence-electron chi connectivity index (χ2n) is 29.1. The lowest BCUT2D eigenvalue weighted by Gasteiger charge is -2.33. The van der Waals surface area contributed by atoms with Gasteiger partial charge in [0, 0.05) is 169 Å². The lowest BCUT2D eigenvalue weighted by molar-refractivity contribution is -0.438. The van der Waals surface area contributed by atoms with E-state index in [0.29, 0.717) is 24.0 Å². The Morgan fingerprint density at radius 3 is 0.907 bits per heavy atom. The Bertz CT molecular complexity index is 4830. The number of unbranched alkanes of at least 4 members (excludes halogenated alkanes) is 2. The molecule has 108 heavy (non-hydrogen) atoms. The minimum Gasteiger partial charge on any atom is -0.347 e. The quantitative estimate of drug-likeness (QED) is 0.0251. The molecule has 0 fully saturated rings. The molecule has 9 aromatic rings. The number of allylic oxidation sites excluding steroid dienone is 8. The molecule has 22 nitrogen and oxygen atoms in total. The van der Waals surface area contributed by atoms with Crippen LogP contribution in [-0.4, -0.2) is 77.3 Å². The number of fused-ring (bicyclic) bond motifs is 4. The second-order valence-corrected chi connectivity index (χ2v) is 29.1. The number of nitro groups is 6. The number of nitrogens with zero attached hydrogens (tertiary/aromatic N) is 10. The maximum Gasteiger partial charge on any atom is 0.269 e. The first-order valence-corrected chi connectivity index (χ1v) is 36.2. The summed E-state index contributed by atoms with van der Waals surface area (Å²) in [7, 11) is 3.86. The lowest BCUT2D eigenvalue weighted by Crippen LogP contribution is -2.35. The monoisotopic (exact) mass is 1450 g/mol. The summed E-state index contributed by atoms with van der Waals surface area (Å²) in [6, 6.07) is 61.1. The van der Waals surface area contributed by atoms with Gasteiger partial charge in [0.1, 0.15) is 13.1 Å². The Labute approximate surface area is 624 Å². The van der Waals surface area contributed by atoms with Crippen LogP contribution in [0.2, 0.25) is 0 Å². The molecular weight excluding hydrogens is 1370 g/mol. The van der Waals surface area contributed by atoms with Crippen LogP contribution in [0.5, 0.6) is 0 Å². The summed E-state index contributed by atoms with van der Waals surface area (Å²) >= 11 is 0. The van der Waals surface area contributed by atoms with Crippen molar-refractivity contribution in [1.82, 2.24) is 0 Å². The molecule has 22 heteroatoms. The number of non-ortho nitro benzene ring substituents is 6. The van der Waals surface area contributed by atoms with E-state index in [0.717, 1.165) is 118 Å². The van der Waals surface area contributed by atoms with Gasteiger partial charge in [0.25, 0.3) is 34.1 Å². The summed E-state index contributed by atoms with van der Waals surface area (Å²) in [6.45, 7) is 10.4. The summed E-state index contributed by atoms with van der Waals surface area (Å²) in [4.78, 5) is 74.4. The van der Waals surface area contributed by atoms with Crippen LogP contribution in [0.15, 0.2) is 254 Å². The van der Waals surface area contributed by atoms with Crippen molar-refractivity contribution in [3.8, 4) is 0 Å². The molecule has 0 aliphatic carbocycles. The molecule has 4 aliphatic heterocycles. The van der Waals surface area contributed by atoms with E-state index in [-0.39, 0.29) is 59.8 Å². The zero-order chi connectivity index (χ0) is 76.4.